The Balaban J connectivity index is 2.38. The number of carbonyl (C=O) groups is 2. The van der Waals surface area contributed by atoms with Gasteiger partial charge in [-0.3, -0.25) is 9.59 Å². The van der Waals surface area contributed by atoms with Crippen molar-refractivity contribution in [1.82, 2.24) is 0 Å². The molecule has 2 rings (SSSR count). The maximum atomic E-state index is 12.4. The topological polar surface area (TPSA) is 112 Å². The first-order valence-electron chi connectivity index (χ1n) is 13.0. The summed E-state index contributed by atoms with van der Waals surface area (Å²) in [5.74, 6) is 0.101. The third-order valence-corrected chi connectivity index (χ3v) is 6.22. The van der Waals surface area contributed by atoms with Crippen LogP contribution in [0.2, 0.25) is 0 Å². The lowest BCUT2D eigenvalue weighted by atomic mass is 9.83. The molecule has 0 spiro atoms. The van der Waals surface area contributed by atoms with Crippen molar-refractivity contribution < 1.29 is 38.7 Å². The molecule has 8 heteroatoms. The molecule has 0 radical (unpaired) electrons. The molecule has 0 heterocycles. The Hall–Kier alpha value is -3.42. The van der Waals surface area contributed by atoms with Crippen molar-refractivity contribution in [2.24, 2.45) is 23.7 Å². The second-order valence-corrected chi connectivity index (χ2v) is 10.5. The molecule has 0 saturated heterocycles. The summed E-state index contributed by atoms with van der Waals surface area (Å²) >= 11 is 0. The predicted octanol–water partition coefficient (Wildman–Crippen LogP) is 5.31. The van der Waals surface area contributed by atoms with Gasteiger partial charge in [0.2, 0.25) is 0 Å². The summed E-state index contributed by atoms with van der Waals surface area (Å²) < 4.78 is 21.9. The number of phenols is 2. The van der Waals surface area contributed by atoms with Gasteiger partial charge in [0.15, 0.2) is 23.0 Å². The number of hydrogen-bond acceptors (Lipinski definition) is 8. The lowest BCUT2D eigenvalue weighted by molar-refractivity contribution is -0.150. The molecular formula is C30H42O8. The average Bonchev–Trinajstić information content (AvgIpc) is 2.85. The fourth-order valence-electron chi connectivity index (χ4n) is 4.21. The van der Waals surface area contributed by atoms with Gasteiger partial charge in [-0.05, 0) is 60.1 Å². The number of aromatic hydroxyl groups is 2. The summed E-state index contributed by atoms with van der Waals surface area (Å²) in [6.45, 7) is 8.09. The zero-order valence-electron chi connectivity index (χ0n) is 23.4. The highest BCUT2D eigenvalue weighted by atomic mass is 16.5. The van der Waals surface area contributed by atoms with Crippen LogP contribution in [0.4, 0.5) is 0 Å². The van der Waals surface area contributed by atoms with E-state index in [1.807, 2.05) is 27.7 Å². The Bertz CT molecular complexity index is 963. The van der Waals surface area contributed by atoms with Crippen molar-refractivity contribution in [2.45, 2.75) is 53.4 Å². The van der Waals surface area contributed by atoms with Crippen molar-refractivity contribution >= 4 is 11.9 Å². The smallest absolute Gasteiger partial charge is 0.306 e. The highest BCUT2D eigenvalue weighted by Gasteiger charge is 2.27. The molecule has 2 aromatic rings. The quantitative estimate of drug-likeness (QED) is 0.298. The molecule has 0 aliphatic carbocycles. The standard InChI is InChI=1S/C30H42O8/c1-19(2)11-29(33)37-17-23(13-21-7-9-25(31)27(15-21)35-5)24(18-38-30(34)12-20(3)4)14-22-8-10-26(32)28(16-22)36-6/h7-10,15-16,19-20,23-24,31-32H,11-14,17-18H2,1-6H3. The summed E-state index contributed by atoms with van der Waals surface area (Å²) in [4.78, 5) is 24.9. The van der Waals surface area contributed by atoms with E-state index in [-0.39, 0.29) is 60.3 Å². The number of esters is 2. The van der Waals surface area contributed by atoms with E-state index in [1.54, 1.807) is 36.4 Å². The molecular weight excluding hydrogens is 488 g/mol. The van der Waals surface area contributed by atoms with Gasteiger partial charge in [-0.2, -0.15) is 0 Å². The van der Waals surface area contributed by atoms with Crippen LogP contribution in [0.3, 0.4) is 0 Å². The van der Waals surface area contributed by atoms with Crippen molar-refractivity contribution in [3.05, 3.63) is 47.5 Å². The van der Waals surface area contributed by atoms with Crippen LogP contribution in [0.15, 0.2) is 36.4 Å². The number of hydrogen-bond donors (Lipinski definition) is 2. The second-order valence-electron chi connectivity index (χ2n) is 10.5. The van der Waals surface area contributed by atoms with Crippen LogP contribution in [0.1, 0.15) is 51.7 Å². The molecule has 0 bridgehead atoms. The molecule has 0 aromatic heterocycles. The fraction of sp³-hybridized carbons (Fsp3) is 0.533. The zero-order chi connectivity index (χ0) is 28.2. The summed E-state index contributed by atoms with van der Waals surface area (Å²) in [6, 6.07) is 10.2. The molecule has 210 valence electrons. The molecule has 8 nitrogen and oxygen atoms in total. The third-order valence-electron chi connectivity index (χ3n) is 6.22. The minimum absolute atomic E-state index is 0.0338. The molecule has 0 fully saturated rings. The Kier molecular flexibility index (Phi) is 12.2. The van der Waals surface area contributed by atoms with Crippen molar-refractivity contribution in [3.8, 4) is 23.0 Å². The first-order valence-corrected chi connectivity index (χ1v) is 13.0. The van der Waals surface area contributed by atoms with E-state index in [0.29, 0.717) is 37.2 Å². The summed E-state index contributed by atoms with van der Waals surface area (Å²) in [7, 11) is 2.97. The number of benzene rings is 2. The number of rotatable bonds is 15. The minimum atomic E-state index is -0.282. The first kappa shape index (κ1) is 30.8. The van der Waals surface area contributed by atoms with Gasteiger partial charge in [0, 0.05) is 24.7 Å². The van der Waals surface area contributed by atoms with Crippen LogP contribution >= 0.6 is 0 Å². The molecule has 0 aliphatic rings. The number of carbonyl (C=O) groups excluding carboxylic acids is 2. The average molecular weight is 531 g/mol. The summed E-state index contributed by atoms with van der Waals surface area (Å²) in [5, 5.41) is 20.1. The largest absolute Gasteiger partial charge is 0.504 e. The van der Waals surface area contributed by atoms with Gasteiger partial charge in [-0.25, -0.2) is 0 Å². The molecule has 0 saturated carbocycles. The number of ether oxygens (including phenoxy) is 4. The van der Waals surface area contributed by atoms with Crippen LogP contribution in [0.5, 0.6) is 23.0 Å². The predicted molar refractivity (Wildman–Crippen MR) is 145 cm³/mol. The molecule has 0 aliphatic heterocycles. The van der Waals surface area contributed by atoms with E-state index in [4.69, 9.17) is 18.9 Å². The number of methoxy groups -OCH3 is 2. The van der Waals surface area contributed by atoms with Gasteiger partial charge in [0.25, 0.3) is 0 Å². The van der Waals surface area contributed by atoms with Gasteiger partial charge >= 0.3 is 11.9 Å². The molecule has 2 N–H and O–H groups in total. The van der Waals surface area contributed by atoms with Crippen LogP contribution in [0, 0.1) is 23.7 Å². The third kappa shape index (κ3) is 10.1. The van der Waals surface area contributed by atoms with Gasteiger partial charge in [0.05, 0.1) is 27.4 Å². The maximum absolute atomic E-state index is 12.4. The lowest BCUT2D eigenvalue weighted by Gasteiger charge is -2.28. The molecule has 38 heavy (non-hydrogen) atoms. The number of phenolic OH excluding ortho intramolecular Hbond substituents is 2. The van der Waals surface area contributed by atoms with Crippen LogP contribution in [-0.2, 0) is 31.9 Å². The SMILES string of the molecule is COc1cc(CC(COC(=O)CC(C)C)C(COC(=O)CC(C)C)Cc2ccc(O)c(OC)c2)ccc1O. The van der Waals surface area contributed by atoms with Gasteiger partial charge < -0.3 is 29.2 Å². The van der Waals surface area contributed by atoms with Crippen molar-refractivity contribution in [2.75, 3.05) is 27.4 Å². The van der Waals surface area contributed by atoms with Crippen LogP contribution in [0.25, 0.3) is 0 Å². The molecule has 2 unspecified atom stereocenters. The van der Waals surface area contributed by atoms with E-state index >= 15 is 0 Å². The fourth-order valence-corrected chi connectivity index (χ4v) is 4.21. The Morgan fingerprint density at radius 1 is 0.684 bits per heavy atom. The van der Waals surface area contributed by atoms with Crippen LogP contribution in [-0.4, -0.2) is 49.6 Å². The van der Waals surface area contributed by atoms with Crippen LogP contribution < -0.4 is 9.47 Å². The van der Waals surface area contributed by atoms with E-state index in [0.717, 1.165) is 11.1 Å². The highest BCUT2D eigenvalue weighted by molar-refractivity contribution is 5.70. The van der Waals surface area contributed by atoms with Gasteiger partial charge in [0.1, 0.15) is 0 Å². The molecule has 0 amide bonds. The normalized spacial score (nSPS) is 12.7. The van der Waals surface area contributed by atoms with E-state index in [2.05, 4.69) is 0 Å². The molecule has 2 aromatic carbocycles. The summed E-state index contributed by atoms with van der Waals surface area (Å²) in [6.07, 6.45) is 1.60. The summed E-state index contributed by atoms with van der Waals surface area (Å²) in [5.41, 5.74) is 1.76. The Labute approximate surface area is 225 Å². The maximum Gasteiger partial charge on any atom is 0.306 e. The van der Waals surface area contributed by atoms with E-state index < -0.39 is 0 Å². The van der Waals surface area contributed by atoms with Crippen molar-refractivity contribution in [1.29, 1.82) is 0 Å². The first-order chi connectivity index (χ1) is 18.0. The van der Waals surface area contributed by atoms with Gasteiger partial charge in [-0.15, -0.1) is 0 Å². The van der Waals surface area contributed by atoms with Crippen molar-refractivity contribution in [3.63, 3.8) is 0 Å². The monoisotopic (exact) mass is 530 g/mol. The minimum Gasteiger partial charge on any atom is -0.504 e. The Morgan fingerprint density at radius 2 is 1.05 bits per heavy atom. The van der Waals surface area contributed by atoms with E-state index in [1.165, 1.54) is 14.2 Å². The second kappa shape index (κ2) is 15.1. The lowest BCUT2D eigenvalue weighted by Crippen LogP contribution is -2.30. The van der Waals surface area contributed by atoms with E-state index in [9.17, 15) is 19.8 Å². The molecule has 2 atom stereocenters. The van der Waals surface area contributed by atoms with Gasteiger partial charge in [-0.1, -0.05) is 39.8 Å². The Morgan fingerprint density at radius 3 is 1.37 bits per heavy atom. The highest BCUT2D eigenvalue weighted by Crippen LogP contribution is 2.32. The zero-order valence-corrected chi connectivity index (χ0v) is 23.4.